The Kier molecular flexibility index (Phi) is 6.40. The van der Waals surface area contributed by atoms with Crippen LogP contribution in [0.1, 0.15) is 37.7 Å². The molecule has 0 spiro atoms. The first-order valence-corrected chi connectivity index (χ1v) is 10.9. The molecule has 0 aromatic heterocycles. The quantitative estimate of drug-likeness (QED) is 0.685. The van der Waals surface area contributed by atoms with E-state index in [1.807, 2.05) is 13.0 Å². The molecule has 33 heavy (non-hydrogen) atoms. The summed E-state index contributed by atoms with van der Waals surface area (Å²) in [5, 5.41) is 6.31. The number of Topliss-reactive ketones (excluding diaryl/α,β-unsaturated/α-hetero) is 1. The topological polar surface area (TPSA) is 85.9 Å². The minimum absolute atomic E-state index is 0.0425. The molecule has 0 bridgehead atoms. The van der Waals surface area contributed by atoms with Crippen molar-refractivity contribution in [1.29, 1.82) is 0 Å². The van der Waals surface area contributed by atoms with Crippen molar-refractivity contribution in [2.45, 2.75) is 32.1 Å². The fourth-order valence-electron chi connectivity index (χ4n) is 4.53. The molecule has 0 radical (unpaired) electrons. The number of benzene rings is 2. The average molecular weight is 449 g/mol. The molecule has 0 saturated heterocycles. The van der Waals surface area contributed by atoms with Crippen LogP contribution < -0.4 is 24.8 Å². The third kappa shape index (κ3) is 4.31. The Morgan fingerprint density at radius 2 is 1.67 bits per heavy atom. The fourth-order valence-corrected chi connectivity index (χ4v) is 4.53. The van der Waals surface area contributed by atoms with E-state index in [2.05, 4.69) is 10.6 Å². The summed E-state index contributed by atoms with van der Waals surface area (Å²) >= 11 is 0. The third-order valence-corrected chi connectivity index (χ3v) is 6.12. The average Bonchev–Trinajstić information content (AvgIpc) is 2.83. The van der Waals surface area contributed by atoms with E-state index in [-0.39, 0.29) is 11.7 Å². The highest BCUT2D eigenvalue weighted by atomic mass is 16.5. The Morgan fingerprint density at radius 3 is 2.33 bits per heavy atom. The van der Waals surface area contributed by atoms with E-state index < -0.39 is 5.92 Å². The predicted molar refractivity (Wildman–Crippen MR) is 126 cm³/mol. The summed E-state index contributed by atoms with van der Waals surface area (Å²) < 4.78 is 16.3. The summed E-state index contributed by atoms with van der Waals surface area (Å²) in [4.78, 5) is 26.7. The minimum Gasteiger partial charge on any atom is -0.497 e. The van der Waals surface area contributed by atoms with Crippen LogP contribution in [0.5, 0.6) is 17.2 Å². The molecular weight excluding hydrogens is 420 g/mol. The summed E-state index contributed by atoms with van der Waals surface area (Å²) in [6, 6.07) is 12.6. The van der Waals surface area contributed by atoms with Crippen LogP contribution in [-0.4, -0.2) is 33.0 Å². The lowest BCUT2D eigenvalue weighted by Crippen LogP contribution is -2.35. The van der Waals surface area contributed by atoms with Gasteiger partial charge in [-0.25, -0.2) is 0 Å². The molecule has 1 aliphatic heterocycles. The molecule has 2 aliphatic rings. The smallest absolute Gasteiger partial charge is 0.254 e. The molecule has 1 atom stereocenters. The van der Waals surface area contributed by atoms with Gasteiger partial charge in [0.15, 0.2) is 5.78 Å². The number of hydrogen-bond acceptors (Lipinski definition) is 6. The van der Waals surface area contributed by atoms with Crippen molar-refractivity contribution in [2.24, 2.45) is 0 Å². The van der Waals surface area contributed by atoms with E-state index in [0.29, 0.717) is 46.2 Å². The van der Waals surface area contributed by atoms with Gasteiger partial charge in [-0.15, -0.1) is 0 Å². The zero-order chi connectivity index (χ0) is 23.5. The van der Waals surface area contributed by atoms with Crippen molar-refractivity contribution in [3.8, 4) is 17.2 Å². The van der Waals surface area contributed by atoms with Crippen LogP contribution in [0.2, 0.25) is 0 Å². The molecular formula is C26H28N2O5. The van der Waals surface area contributed by atoms with Crippen molar-refractivity contribution in [3.05, 3.63) is 70.6 Å². The molecule has 7 heteroatoms. The number of carbonyl (C=O) groups excluding carboxylic acids is 2. The molecule has 7 nitrogen and oxygen atoms in total. The first kappa shape index (κ1) is 22.5. The van der Waals surface area contributed by atoms with Gasteiger partial charge in [0.05, 0.1) is 27.2 Å². The Hall–Kier alpha value is -3.74. The second-order valence-corrected chi connectivity index (χ2v) is 8.06. The van der Waals surface area contributed by atoms with Crippen molar-refractivity contribution in [3.63, 3.8) is 0 Å². The number of carbonyl (C=O) groups is 2. The van der Waals surface area contributed by atoms with Crippen LogP contribution >= 0.6 is 0 Å². The second-order valence-electron chi connectivity index (χ2n) is 8.06. The van der Waals surface area contributed by atoms with Crippen LogP contribution in [0.4, 0.5) is 5.69 Å². The highest BCUT2D eigenvalue weighted by Crippen LogP contribution is 2.46. The van der Waals surface area contributed by atoms with Gasteiger partial charge in [-0.1, -0.05) is 0 Å². The van der Waals surface area contributed by atoms with E-state index in [0.717, 1.165) is 24.1 Å². The standard InChI is InChI=1S/C26H28N2O5/c1-15-23(26(30)28-16-8-10-17(31-2)11-9-16)24(25-20(27-15)6-5-7-21(25)29)19-14-18(32-3)12-13-22(19)33-4/h8-14,24,27H,5-7H2,1-4H3,(H,28,30)/t24-/m0/s1. The summed E-state index contributed by atoms with van der Waals surface area (Å²) in [5.74, 6) is 1.10. The van der Waals surface area contributed by atoms with Gasteiger partial charge in [0.25, 0.3) is 5.91 Å². The highest BCUT2D eigenvalue weighted by Gasteiger charge is 2.40. The van der Waals surface area contributed by atoms with Gasteiger partial charge in [-0.2, -0.15) is 0 Å². The lowest BCUT2D eigenvalue weighted by Gasteiger charge is -2.35. The largest absolute Gasteiger partial charge is 0.497 e. The maximum Gasteiger partial charge on any atom is 0.254 e. The van der Waals surface area contributed by atoms with Gasteiger partial charge in [-0.05, 0) is 62.2 Å². The summed E-state index contributed by atoms with van der Waals surface area (Å²) in [5.41, 5.74) is 4.04. The van der Waals surface area contributed by atoms with E-state index in [9.17, 15) is 9.59 Å². The van der Waals surface area contributed by atoms with Gasteiger partial charge in [0, 0.05) is 40.2 Å². The number of ether oxygens (including phenoxy) is 3. The van der Waals surface area contributed by atoms with Gasteiger partial charge in [0.1, 0.15) is 17.2 Å². The lowest BCUT2D eigenvalue weighted by atomic mass is 9.74. The first-order valence-electron chi connectivity index (χ1n) is 10.9. The number of rotatable bonds is 6. The Bertz CT molecular complexity index is 1150. The van der Waals surface area contributed by atoms with E-state index in [1.54, 1.807) is 57.7 Å². The Labute approximate surface area is 193 Å². The Balaban J connectivity index is 1.82. The van der Waals surface area contributed by atoms with Crippen molar-refractivity contribution >= 4 is 17.4 Å². The number of hydrogen-bond donors (Lipinski definition) is 2. The molecule has 0 fully saturated rings. The number of allylic oxidation sites excluding steroid dienone is 3. The van der Waals surface area contributed by atoms with Crippen LogP contribution in [0, 0.1) is 0 Å². The predicted octanol–water partition coefficient (Wildman–Crippen LogP) is 4.32. The molecule has 1 amide bonds. The minimum atomic E-state index is -0.572. The van der Waals surface area contributed by atoms with Gasteiger partial charge >= 0.3 is 0 Å². The van der Waals surface area contributed by atoms with Crippen molar-refractivity contribution in [2.75, 3.05) is 26.6 Å². The molecule has 1 heterocycles. The number of nitrogens with one attached hydrogen (secondary N) is 2. The maximum atomic E-state index is 13.6. The molecule has 172 valence electrons. The second kappa shape index (κ2) is 9.40. The number of dihydropyridines is 1. The van der Waals surface area contributed by atoms with E-state index in [4.69, 9.17) is 14.2 Å². The molecule has 2 aromatic rings. The lowest BCUT2D eigenvalue weighted by molar-refractivity contribution is -0.116. The zero-order valence-electron chi connectivity index (χ0n) is 19.3. The summed E-state index contributed by atoms with van der Waals surface area (Å²) in [7, 11) is 4.76. The van der Waals surface area contributed by atoms with Crippen LogP contribution in [0.25, 0.3) is 0 Å². The highest BCUT2D eigenvalue weighted by molar-refractivity contribution is 6.10. The normalized spacial score (nSPS) is 17.8. The van der Waals surface area contributed by atoms with Gasteiger partial charge < -0.3 is 24.8 Å². The number of amides is 1. The number of ketones is 1. The SMILES string of the molecule is COc1ccc(NC(=O)C2=C(C)NC3=C(C(=O)CCC3)[C@H]2c2cc(OC)ccc2OC)cc1. The number of methoxy groups -OCH3 is 3. The monoisotopic (exact) mass is 448 g/mol. The van der Waals surface area contributed by atoms with E-state index in [1.165, 1.54) is 0 Å². The molecule has 4 rings (SSSR count). The van der Waals surface area contributed by atoms with E-state index >= 15 is 0 Å². The zero-order valence-corrected chi connectivity index (χ0v) is 19.3. The summed E-state index contributed by atoms with van der Waals surface area (Å²) in [6.45, 7) is 1.87. The third-order valence-electron chi connectivity index (χ3n) is 6.12. The molecule has 2 N–H and O–H groups in total. The fraction of sp³-hybridized carbons (Fsp3) is 0.308. The van der Waals surface area contributed by atoms with Crippen molar-refractivity contribution < 1.29 is 23.8 Å². The van der Waals surface area contributed by atoms with Crippen LogP contribution in [-0.2, 0) is 9.59 Å². The maximum absolute atomic E-state index is 13.6. The van der Waals surface area contributed by atoms with Crippen LogP contribution in [0.3, 0.4) is 0 Å². The molecule has 0 saturated carbocycles. The Morgan fingerprint density at radius 1 is 0.970 bits per heavy atom. The first-order chi connectivity index (χ1) is 16.0. The molecule has 1 aliphatic carbocycles. The van der Waals surface area contributed by atoms with Crippen LogP contribution in [0.15, 0.2) is 65.0 Å². The molecule has 2 aromatic carbocycles. The number of anilines is 1. The molecule has 0 unspecified atom stereocenters. The van der Waals surface area contributed by atoms with Gasteiger partial charge in [-0.3, -0.25) is 9.59 Å². The van der Waals surface area contributed by atoms with Crippen molar-refractivity contribution in [1.82, 2.24) is 5.32 Å². The summed E-state index contributed by atoms with van der Waals surface area (Å²) in [6.07, 6.45) is 2.00. The van der Waals surface area contributed by atoms with Gasteiger partial charge in [0.2, 0.25) is 0 Å².